The third-order valence-electron chi connectivity index (χ3n) is 7.46. The van der Waals surface area contributed by atoms with Gasteiger partial charge in [0.05, 0.1) is 7.11 Å². The van der Waals surface area contributed by atoms with E-state index >= 15 is 0 Å². The van der Waals surface area contributed by atoms with Gasteiger partial charge in [0, 0.05) is 29.0 Å². The molecule has 9 nitrogen and oxygen atoms in total. The molecule has 230 valence electrons. The zero-order chi connectivity index (χ0) is 31.7. The van der Waals surface area contributed by atoms with E-state index < -0.39 is 22.9 Å². The molecule has 2 aromatic carbocycles. The van der Waals surface area contributed by atoms with Crippen LogP contribution in [0.1, 0.15) is 63.8 Å². The molecule has 2 atom stereocenters. The molecular formula is C32H38ClN3O6S. The van der Waals surface area contributed by atoms with Gasteiger partial charge < -0.3 is 19.9 Å². The highest BCUT2D eigenvalue weighted by Gasteiger charge is 2.65. The van der Waals surface area contributed by atoms with Gasteiger partial charge in [0.2, 0.25) is 12.1 Å². The van der Waals surface area contributed by atoms with Gasteiger partial charge in [0.1, 0.15) is 29.2 Å². The first-order valence-electron chi connectivity index (χ1n) is 13.9. The van der Waals surface area contributed by atoms with Crippen molar-refractivity contribution in [1.29, 1.82) is 0 Å². The Balaban J connectivity index is 1.65. The minimum atomic E-state index is -1.63. The van der Waals surface area contributed by atoms with Gasteiger partial charge in [-0.1, -0.05) is 53.7 Å². The summed E-state index contributed by atoms with van der Waals surface area (Å²) < 4.78 is 10.7. The van der Waals surface area contributed by atoms with E-state index in [0.717, 1.165) is 16.7 Å². The number of aromatic hydroxyl groups is 1. The Morgan fingerprint density at radius 2 is 1.77 bits per heavy atom. The number of esters is 1. The number of amides is 2. The fourth-order valence-corrected chi connectivity index (χ4v) is 6.81. The van der Waals surface area contributed by atoms with Crippen LogP contribution in [0.4, 0.5) is 0 Å². The number of phenols is 1. The standard InChI is InChI=1S/C32H38ClN3O6S/c1-30(2,3)23-12-20(13-24(26(23)38)31(4,5)6)15-34-32(35-18-37)28(40)36-25(21(14-33)17-43-29(32)36)27(39)42-16-19-8-10-22(41-7)11-9-19/h8-13,15,18,29,38H,14,16-17H2,1-7H3,(H,35,37)/t29-,32-/m0/s1. The van der Waals surface area contributed by atoms with Crippen molar-refractivity contribution in [3.05, 3.63) is 69.9 Å². The highest BCUT2D eigenvalue weighted by Crippen LogP contribution is 2.47. The van der Waals surface area contributed by atoms with Crippen LogP contribution >= 0.6 is 23.4 Å². The summed E-state index contributed by atoms with van der Waals surface area (Å²) in [6, 6.07) is 10.8. The van der Waals surface area contributed by atoms with E-state index in [-0.39, 0.29) is 34.8 Å². The van der Waals surface area contributed by atoms with Crippen molar-refractivity contribution in [3.8, 4) is 11.5 Å². The van der Waals surface area contributed by atoms with Crippen LogP contribution in [0.25, 0.3) is 0 Å². The monoisotopic (exact) mass is 627 g/mol. The molecule has 0 saturated carbocycles. The van der Waals surface area contributed by atoms with E-state index in [9.17, 15) is 19.5 Å². The summed E-state index contributed by atoms with van der Waals surface area (Å²) in [7, 11) is 1.57. The fourth-order valence-electron chi connectivity index (χ4n) is 5.06. The maximum Gasteiger partial charge on any atom is 0.355 e. The number of rotatable bonds is 9. The lowest BCUT2D eigenvalue weighted by Gasteiger charge is -2.54. The molecular weight excluding hydrogens is 590 g/mol. The number of carbonyl (C=O) groups excluding carboxylic acids is 3. The Kier molecular flexibility index (Phi) is 9.23. The number of β-lactam (4-membered cyclic amide) rings is 1. The number of phenolic OH excluding ortho intramolecular Hbond substituents is 1. The second kappa shape index (κ2) is 12.2. The quantitative estimate of drug-likeness (QED) is 0.132. The van der Waals surface area contributed by atoms with Crippen molar-refractivity contribution in [2.24, 2.45) is 4.99 Å². The average molecular weight is 628 g/mol. The van der Waals surface area contributed by atoms with Crippen LogP contribution in [0.5, 0.6) is 11.5 Å². The number of methoxy groups -OCH3 is 1. The van der Waals surface area contributed by atoms with Crippen LogP contribution in [0.3, 0.4) is 0 Å². The van der Waals surface area contributed by atoms with Gasteiger partial charge in [-0.05, 0) is 51.8 Å². The van der Waals surface area contributed by atoms with Crippen molar-refractivity contribution in [1.82, 2.24) is 10.2 Å². The van der Waals surface area contributed by atoms with E-state index in [4.69, 9.17) is 21.1 Å². The van der Waals surface area contributed by atoms with Gasteiger partial charge in [-0.2, -0.15) is 0 Å². The molecule has 0 aliphatic carbocycles. The molecule has 43 heavy (non-hydrogen) atoms. The molecule has 0 spiro atoms. The lowest BCUT2D eigenvalue weighted by Crippen LogP contribution is -2.78. The summed E-state index contributed by atoms with van der Waals surface area (Å²) >= 11 is 7.55. The zero-order valence-electron chi connectivity index (χ0n) is 25.5. The fraction of sp³-hybridized carbons (Fsp3) is 0.438. The first-order chi connectivity index (χ1) is 20.2. The smallest absolute Gasteiger partial charge is 0.355 e. The topological polar surface area (TPSA) is 118 Å². The molecule has 4 rings (SSSR count). The maximum atomic E-state index is 13.8. The number of nitrogens with one attached hydrogen (secondary N) is 1. The Bertz CT molecular complexity index is 1440. The number of carbonyl (C=O) groups is 3. The number of nitrogens with zero attached hydrogens (tertiary/aromatic N) is 2. The van der Waals surface area contributed by atoms with Gasteiger partial charge >= 0.3 is 5.97 Å². The number of thioether (sulfide) groups is 1. The number of benzene rings is 2. The van der Waals surface area contributed by atoms with Crippen molar-refractivity contribution in [2.75, 3.05) is 18.7 Å². The molecule has 0 unspecified atom stereocenters. The number of alkyl halides is 1. The molecule has 2 amide bonds. The molecule has 0 bridgehead atoms. The summed E-state index contributed by atoms with van der Waals surface area (Å²) in [6.45, 7) is 12.0. The molecule has 0 aromatic heterocycles. The predicted octanol–water partition coefficient (Wildman–Crippen LogP) is 5.01. The molecule has 11 heteroatoms. The number of aliphatic imine (C=N–C) groups is 1. The molecule has 2 heterocycles. The highest BCUT2D eigenvalue weighted by atomic mass is 35.5. The summed E-state index contributed by atoms with van der Waals surface area (Å²) in [5.74, 6) is 0.0336. The number of hydrogen-bond acceptors (Lipinski definition) is 8. The third-order valence-corrected chi connectivity index (χ3v) is 9.16. The van der Waals surface area contributed by atoms with Gasteiger partial charge in [-0.25, -0.2) is 4.79 Å². The van der Waals surface area contributed by atoms with Crippen molar-refractivity contribution < 1.29 is 29.0 Å². The molecule has 2 aliphatic rings. The average Bonchev–Trinajstić information content (AvgIpc) is 2.96. The molecule has 2 N–H and O–H groups in total. The van der Waals surface area contributed by atoms with Gasteiger partial charge in [-0.3, -0.25) is 19.5 Å². The summed E-state index contributed by atoms with van der Waals surface area (Å²) in [5.41, 5.74) is 1.17. The SMILES string of the molecule is COc1ccc(COC(=O)C2=C(CCl)CS[C@@H]3N2C(=O)[C@]3(N=Cc2cc(C(C)(C)C)c(O)c(C(C)(C)C)c2)NC=O)cc1. The van der Waals surface area contributed by atoms with Crippen LogP contribution in [0.2, 0.25) is 0 Å². The highest BCUT2D eigenvalue weighted by molar-refractivity contribution is 8.00. The Labute approximate surface area is 261 Å². The summed E-state index contributed by atoms with van der Waals surface area (Å²) in [5, 5.41) is 13.0. The molecule has 2 aromatic rings. The van der Waals surface area contributed by atoms with Crippen LogP contribution in [-0.4, -0.2) is 64.3 Å². The second-order valence-corrected chi connectivity index (χ2v) is 13.9. The second-order valence-electron chi connectivity index (χ2n) is 12.6. The van der Waals surface area contributed by atoms with Gasteiger partial charge in [0.25, 0.3) is 5.91 Å². The van der Waals surface area contributed by atoms with E-state index in [1.807, 2.05) is 53.7 Å². The van der Waals surface area contributed by atoms with Crippen LogP contribution in [0.15, 0.2) is 52.7 Å². The predicted molar refractivity (Wildman–Crippen MR) is 169 cm³/mol. The lowest BCUT2D eigenvalue weighted by molar-refractivity contribution is -0.159. The van der Waals surface area contributed by atoms with Crippen molar-refractivity contribution >= 4 is 47.9 Å². The van der Waals surface area contributed by atoms with Crippen LogP contribution in [0, 0.1) is 0 Å². The summed E-state index contributed by atoms with van der Waals surface area (Å²) in [4.78, 5) is 44.8. The molecule has 1 saturated heterocycles. The molecule has 0 radical (unpaired) electrons. The molecule has 2 aliphatic heterocycles. The van der Waals surface area contributed by atoms with Crippen LogP contribution < -0.4 is 10.1 Å². The minimum absolute atomic E-state index is 0.00924. The van der Waals surface area contributed by atoms with Crippen molar-refractivity contribution in [3.63, 3.8) is 0 Å². The maximum absolute atomic E-state index is 13.8. The lowest BCUT2D eigenvalue weighted by atomic mass is 9.78. The number of ether oxygens (including phenoxy) is 2. The Hall–Kier alpha value is -3.50. The van der Waals surface area contributed by atoms with Gasteiger partial charge in [-0.15, -0.1) is 23.4 Å². The first-order valence-corrected chi connectivity index (χ1v) is 15.4. The number of hydrogen-bond donors (Lipinski definition) is 2. The number of halogens is 1. The van der Waals surface area contributed by atoms with Crippen LogP contribution in [-0.2, 0) is 36.6 Å². The Morgan fingerprint density at radius 1 is 1.16 bits per heavy atom. The first kappa shape index (κ1) is 32.4. The normalized spacial score (nSPS) is 20.5. The van der Waals surface area contributed by atoms with E-state index in [2.05, 4.69) is 10.3 Å². The summed E-state index contributed by atoms with van der Waals surface area (Å²) in [6.07, 6.45) is 1.98. The van der Waals surface area contributed by atoms with E-state index in [1.165, 1.54) is 16.7 Å². The van der Waals surface area contributed by atoms with E-state index in [0.29, 0.717) is 29.0 Å². The van der Waals surface area contributed by atoms with Gasteiger partial charge in [0.15, 0.2) is 0 Å². The minimum Gasteiger partial charge on any atom is -0.507 e. The Morgan fingerprint density at radius 3 is 2.28 bits per heavy atom. The zero-order valence-corrected chi connectivity index (χ0v) is 27.1. The number of fused-ring (bicyclic) bond motifs is 1. The van der Waals surface area contributed by atoms with Crippen molar-refractivity contribution in [2.45, 2.75) is 70.0 Å². The van der Waals surface area contributed by atoms with E-state index in [1.54, 1.807) is 37.6 Å². The largest absolute Gasteiger partial charge is 0.507 e. The third kappa shape index (κ3) is 6.26. The molecule has 1 fully saturated rings.